The van der Waals surface area contributed by atoms with Gasteiger partial charge in [-0.2, -0.15) is 0 Å². The van der Waals surface area contributed by atoms with Gasteiger partial charge in [0, 0.05) is 12.4 Å². The highest BCUT2D eigenvalue weighted by molar-refractivity contribution is 6.47. The molecule has 174 valence electrons. The number of hydrogen-bond donors (Lipinski definition) is 2. The summed E-state index contributed by atoms with van der Waals surface area (Å²) in [5.41, 5.74) is 8.41. The van der Waals surface area contributed by atoms with Crippen LogP contribution in [0, 0.1) is 17.3 Å². The molecule has 1 aliphatic heterocycles. The molecule has 0 spiro atoms. The van der Waals surface area contributed by atoms with Gasteiger partial charge in [-0.1, -0.05) is 74.5 Å². The number of amides is 1. The van der Waals surface area contributed by atoms with Crippen LogP contribution in [0.2, 0.25) is 0 Å². The first-order valence-electron chi connectivity index (χ1n) is 12.2. The number of carbonyl (C=O) groups excluding carboxylic acids is 1. The third-order valence-corrected chi connectivity index (χ3v) is 8.66. The van der Waals surface area contributed by atoms with E-state index in [0.717, 1.165) is 17.5 Å². The second-order valence-corrected chi connectivity index (χ2v) is 10.9. The lowest BCUT2D eigenvalue weighted by atomic mass is 9.43. The topological polar surface area (TPSA) is 73.6 Å². The highest BCUT2D eigenvalue weighted by Gasteiger charge is 2.68. The van der Waals surface area contributed by atoms with E-state index in [-0.39, 0.29) is 30.5 Å². The minimum absolute atomic E-state index is 0.0955. The molecule has 1 saturated heterocycles. The van der Waals surface area contributed by atoms with Crippen LogP contribution in [0.5, 0.6) is 0 Å². The Hall–Kier alpha value is -2.15. The van der Waals surface area contributed by atoms with Crippen LogP contribution in [0.1, 0.15) is 50.6 Å². The number of carbonyl (C=O) groups is 1. The third kappa shape index (κ3) is 4.03. The van der Waals surface area contributed by atoms with Crippen molar-refractivity contribution in [2.45, 2.75) is 63.6 Å². The lowest BCUT2D eigenvalue weighted by Gasteiger charge is -2.64. The standard InChI is InChI=1S/C27H35BN2O3/c1-26(2)20-15-23(26)27(3)24(16-20)32-28(33-27)21(19-12-8-5-9-13-19)17-30-25(31)22(29)14-18-10-6-4-7-11-18/h4-13,20-24H,14-17,29H2,1-3H3,(H,30,31)/t20?,21-,22-,23?,24?,27+/m0/s1. The van der Waals surface area contributed by atoms with Crippen molar-refractivity contribution in [2.75, 3.05) is 6.54 Å². The van der Waals surface area contributed by atoms with Gasteiger partial charge in [0.15, 0.2) is 0 Å². The molecule has 3 saturated carbocycles. The average molecular weight is 446 g/mol. The van der Waals surface area contributed by atoms with E-state index in [1.54, 1.807) is 0 Å². The highest BCUT2D eigenvalue weighted by Crippen LogP contribution is 2.66. The number of nitrogens with two attached hydrogens (primary N) is 1. The maximum Gasteiger partial charge on any atom is 0.467 e. The lowest BCUT2D eigenvalue weighted by molar-refractivity contribution is -0.199. The predicted octanol–water partition coefficient (Wildman–Crippen LogP) is 3.72. The summed E-state index contributed by atoms with van der Waals surface area (Å²) >= 11 is 0. The molecular weight excluding hydrogens is 411 g/mol. The summed E-state index contributed by atoms with van der Waals surface area (Å²) in [5, 5.41) is 3.09. The summed E-state index contributed by atoms with van der Waals surface area (Å²) in [4.78, 5) is 12.8. The van der Waals surface area contributed by atoms with E-state index in [0.29, 0.717) is 30.2 Å². The number of nitrogens with one attached hydrogen (secondary N) is 1. The van der Waals surface area contributed by atoms with E-state index in [4.69, 9.17) is 15.0 Å². The minimum Gasteiger partial charge on any atom is -0.405 e. The second kappa shape index (κ2) is 8.57. The summed E-state index contributed by atoms with van der Waals surface area (Å²) in [6.07, 6.45) is 2.89. The summed E-state index contributed by atoms with van der Waals surface area (Å²) in [6, 6.07) is 19.5. The molecule has 3 unspecified atom stereocenters. The van der Waals surface area contributed by atoms with Crippen molar-refractivity contribution >= 4 is 13.0 Å². The molecule has 6 heteroatoms. The van der Waals surface area contributed by atoms with E-state index in [1.165, 1.54) is 6.42 Å². The SMILES string of the molecule is CC1(C)C2CC3OB([C@@H](CNC(=O)[C@@H](N)Cc4ccccc4)c4ccccc4)O[C@]3(C)C1C2. The Morgan fingerprint density at radius 2 is 1.76 bits per heavy atom. The molecule has 2 aromatic rings. The molecule has 0 radical (unpaired) electrons. The molecule has 1 heterocycles. The van der Waals surface area contributed by atoms with Gasteiger partial charge in [-0.15, -0.1) is 0 Å². The van der Waals surface area contributed by atoms with Crippen molar-refractivity contribution in [1.29, 1.82) is 0 Å². The molecule has 33 heavy (non-hydrogen) atoms. The Kier molecular flexibility index (Phi) is 5.88. The van der Waals surface area contributed by atoms with Crippen molar-refractivity contribution in [3.8, 4) is 0 Å². The maximum atomic E-state index is 12.8. The number of rotatable bonds is 7. The molecule has 2 bridgehead atoms. The zero-order valence-electron chi connectivity index (χ0n) is 19.9. The van der Waals surface area contributed by atoms with Gasteiger partial charge in [0.2, 0.25) is 5.91 Å². The first kappa shape index (κ1) is 22.6. The average Bonchev–Trinajstić information content (AvgIpc) is 3.17. The van der Waals surface area contributed by atoms with Crippen molar-refractivity contribution < 1.29 is 14.1 Å². The molecule has 5 nitrogen and oxygen atoms in total. The third-order valence-electron chi connectivity index (χ3n) is 8.66. The van der Waals surface area contributed by atoms with E-state index >= 15 is 0 Å². The normalized spacial score (nSPS) is 31.3. The van der Waals surface area contributed by atoms with Gasteiger partial charge in [-0.3, -0.25) is 4.79 Å². The van der Waals surface area contributed by atoms with Gasteiger partial charge in [0.05, 0.1) is 17.7 Å². The molecule has 1 amide bonds. The summed E-state index contributed by atoms with van der Waals surface area (Å²) in [7, 11) is -0.386. The molecule has 3 N–H and O–H groups in total. The summed E-state index contributed by atoms with van der Waals surface area (Å²) in [6.45, 7) is 7.40. The fraction of sp³-hybridized carbons (Fsp3) is 0.519. The molecular formula is C27H35BN2O3. The van der Waals surface area contributed by atoms with Crippen molar-refractivity contribution in [2.24, 2.45) is 23.0 Å². The fourth-order valence-electron chi connectivity index (χ4n) is 6.44. The number of benzene rings is 2. The van der Waals surface area contributed by atoms with Crippen LogP contribution in [0.4, 0.5) is 0 Å². The van der Waals surface area contributed by atoms with E-state index < -0.39 is 6.04 Å². The van der Waals surface area contributed by atoms with E-state index in [9.17, 15) is 4.79 Å². The van der Waals surface area contributed by atoms with Crippen LogP contribution in [0.25, 0.3) is 0 Å². The van der Waals surface area contributed by atoms with Gasteiger partial charge in [0.1, 0.15) is 0 Å². The molecule has 4 aliphatic rings. The smallest absolute Gasteiger partial charge is 0.405 e. The number of hydrogen-bond acceptors (Lipinski definition) is 4. The molecule has 2 aromatic carbocycles. The van der Waals surface area contributed by atoms with Crippen LogP contribution < -0.4 is 11.1 Å². The van der Waals surface area contributed by atoms with Crippen molar-refractivity contribution in [3.05, 3.63) is 71.8 Å². The van der Waals surface area contributed by atoms with Crippen molar-refractivity contribution in [3.63, 3.8) is 0 Å². The Labute approximate surface area is 197 Å². The Morgan fingerprint density at radius 3 is 2.42 bits per heavy atom. The highest BCUT2D eigenvalue weighted by atomic mass is 16.7. The quantitative estimate of drug-likeness (QED) is 0.636. The van der Waals surface area contributed by atoms with Crippen LogP contribution >= 0.6 is 0 Å². The second-order valence-electron chi connectivity index (χ2n) is 10.9. The van der Waals surface area contributed by atoms with Gasteiger partial charge in [-0.25, -0.2) is 0 Å². The van der Waals surface area contributed by atoms with Crippen LogP contribution in [0.15, 0.2) is 60.7 Å². The predicted molar refractivity (Wildman–Crippen MR) is 130 cm³/mol. The molecule has 6 rings (SSSR count). The first-order chi connectivity index (χ1) is 15.8. The van der Waals surface area contributed by atoms with Crippen LogP contribution in [0.3, 0.4) is 0 Å². The van der Waals surface area contributed by atoms with Gasteiger partial charge < -0.3 is 20.4 Å². The van der Waals surface area contributed by atoms with Gasteiger partial charge in [-0.05, 0) is 54.6 Å². The largest absolute Gasteiger partial charge is 0.467 e. The maximum absolute atomic E-state index is 12.8. The fourth-order valence-corrected chi connectivity index (χ4v) is 6.44. The lowest BCUT2D eigenvalue weighted by Crippen LogP contribution is -2.65. The summed E-state index contributed by atoms with van der Waals surface area (Å²) < 4.78 is 13.3. The van der Waals surface area contributed by atoms with E-state index in [2.05, 4.69) is 38.2 Å². The Bertz CT molecular complexity index is 985. The molecule has 3 aliphatic carbocycles. The van der Waals surface area contributed by atoms with Crippen LogP contribution in [-0.2, 0) is 20.5 Å². The van der Waals surface area contributed by atoms with Crippen molar-refractivity contribution in [1.82, 2.24) is 5.32 Å². The molecule has 4 fully saturated rings. The summed E-state index contributed by atoms with van der Waals surface area (Å²) in [5.74, 6) is 0.962. The van der Waals surface area contributed by atoms with Gasteiger partial charge in [0.25, 0.3) is 0 Å². The van der Waals surface area contributed by atoms with E-state index in [1.807, 2.05) is 48.5 Å². The minimum atomic E-state index is -0.595. The zero-order valence-corrected chi connectivity index (χ0v) is 19.9. The molecule has 6 atom stereocenters. The van der Waals surface area contributed by atoms with Gasteiger partial charge >= 0.3 is 7.12 Å². The Morgan fingerprint density at radius 1 is 1.09 bits per heavy atom. The zero-order chi connectivity index (χ0) is 23.2. The first-order valence-corrected chi connectivity index (χ1v) is 12.2. The Balaban J connectivity index is 1.29. The molecule has 0 aromatic heterocycles. The van der Waals surface area contributed by atoms with Crippen LogP contribution in [-0.4, -0.2) is 37.3 Å². The monoisotopic (exact) mass is 446 g/mol.